The number of nitrogens with zero attached hydrogens (tertiary/aromatic N) is 3. The third kappa shape index (κ3) is 2.63. The molecule has 0 aliphatic carbocycles. The van der Waals surface area contributed by atoms with Crippen LogP contribution in [0.25, 0.3) is 0 Å². The third-order valence-electron chi connectivity index (χ3n) is 2.52. The highest BCUT2D eigenvalue weighted by Gasteiger charge is 2.41. The van der Waals surface area contributed by atoms with Crippen LogP contribution in [0.15, 0.2) is 13.5 Å². The minimum absolute atomic E-state index is 0.397. The van der Waals surface area contributed by atoms with Crippen molar-refractivity contribution in [3.8, 4) is 0 Å². The van der Waals surface area contributed by atoms with E-state index in [1.807, 2.05) is 0 Å². The molecule has 3 heterocycles. The first-order valence-corrected chi connectivity index (χ1v) is 10.3. The molecule has 0 aromatic rings. The highest BCUT2D eigenvalue weighted by atomic mass is 31.3. The molecular formula is C6H14F2N5O2P3. The first kappa shape index (κ1) is 13.4. The van der Waals surface area contributed by atoms with Crippen LogP contribution >= 0.6 is 23.0 Å². The number of nitrogens with one attached hydrogen (secondary N) is 2. The Kier molecular flexibility index (Phi) is 3.52. The average Bonchev–Trinajstić information content (AvgIpc) is 2.27. The van der Waals surface area contributed by atoms with Crippen molar-refractivity contribution in [1.29, 1.82) is 0 Å². The Balaban J connectivity index is 2.10. The lowest BCUT2D eigenvalue weighted by atomic mass is 10.5. The molecule has 7 nitrogen and oxygen atoms in total. The van der Waals surface area contributed by atoms with E-state index in [1.54, 1.807) is 0 Å². The molecule has 0 bridgehead atoms. The Labute approximate surface area is 104 Å². The molecule has 0 radical (unpaired) electrons. The van der Waals surface area contributed by atoms with Crippen molar-refractivity contribution < 1.29 is 17.4 Å². The Morgan fingerprint density at radius 2 is 1.39 bits per heavy atom. The zero-order valence-electron chi connectivity index (χ0n) is 9.50. The Bertz CT molecular complexity index is 480. The van der Waals surface area contributed by atoms with Crippen LogP contribution in [0.1, 0.15) is 12.8 Å². The van der Waals surface area contributed by atoms with Crippen molar-refractivity contribution in [2.45, 2.75) is 12.8 Å². The van der Waals surface area contributed by atoms with E-state index in [0.717, 1.165) is 12.8 Å². The van der Waals surface area contributed by atoms with Gasteiger partial charge in [-0.3, -0.25) is 0 Å². The highest BCUT2D eigenvalue weighted by Crippen LogP contribution is 2.78. The molecule has 2 unspecified atom stereocenters. The molecule has 0 amide bonds. The van der Waals surface area contributed by atoms with E-state index in [9.17, 15) is 8.39 Å². The normalized spacial score (nSPS) is 43.0. The molecule has 3 aliphatic rings. The van der Waals surface area contributed by atoms with Gasteiger partial charge in [0.2, 0.25) is 0 Å². The predicted molar refractivity (Wildman–Crippen MR) is 67.4 cm³/mol. The lowest BCUT2D eigenvalue weighted by Crippen LogP contribution is -2.24. The van der Waals surface area contributed by atoms with Gasteiger partial charge < -0.3 is 9.05 Å². The Morgan fingerprint density at radius 3 is 1.89 bits per heavy atom. The second-order valence-electron chi connectivity index (χ2n) is 4.00. The van der Waals surface area contributed by atoms with Crippen molar-refractivity contribution in [2.24, 2.45) is 13.5 Å². The van der Waals surface area contributed by atoms with Gasteiger partial charge in [-0.05, 0) is 12.8 Å². The van der Waals surface area contributed by atoms with Crippen LogP contribution in [0, 0.1) is 0 Å². The average molecular weight is 319 g/mol. The van der Waals surface area contributed by atoms with Gasteiger partial charge in [-0.1, -0.05) is 0 Å². The molecule has 2 saturated heterocycles. The molecule has 3 rings (SSSR count). The van der Waals surface area contributed by atoms with Crippen LogP contribution in [0.3, 0.4) is 0 Å². The molecule has 18 heavy (non-hydrogen) atoms. The molecule has 12 heteroatoms. The first-order valence-electron chi connectivity index (χ1n) is 5.63. The third-order valence-corrected chi connectivity index (χ3v) is 10.5. The molecule has 0 aromatic heterocycles. The molecule has 2 spiro atoms. The van der Waals surface area contributed by atoms with Gasteiger partial charge in [0.25, 0.3) is 15.2 Å². The van der Waals surface area contributed by atoms with Gasteiger partial charge in [0.1, 0.15) is 0 Å². The zero-order valence-corrected chi connectivity index (χ0v) is 12.2. The van der Waals surface area contributed by atoms with Gasteiger partial charge >= 0.3 is 7.83 Å². The lowest BCUT2D eigenvalue weighted by Gasteiger charge is -2.34. The van der Waals surface area contributed by atoms with E-state index < -0.39 is 23.0 Å². The summed E-state index contributed by atoms with van der Waals surface area (Å²) in [4.78, 5) is 0. The van der Waals surface area contributed by atoms with Gasteiger partial charge in [0, 0.05) is 13.1 Å². The van der Waals surface area contributed by atoms with Crippen LogP contribution in [0.4, 0.5) is 8.39 Å². The minimum Gasteiger partial charge on any atom is -0.316 e. The summed E-state index contributed by atoms with van der Waals surface area (Å²) in [6, 6.07) is 0. The van der Waals surface area contributed by atoms with E-state index in [-0.39, 0.29) is 0 Å². The van der Waals surface area contributed by atoms with Crippen LogP contribution in [-0.4, -0.2) is 26.3 Å². The molecule has 0 aromatic carbocycles. The maximum atomic E-state index is 13.8. The summed E-state index contributed by atoms with van der Waals surface area (Å²) in [7, 11) is -10.7. The molecular weight excluding hydrogens is 305 g/mol. The molecule has 104 valence electrons. The fourth-order valence-electron chi connectivity index (χ4n) is 1.81. The van der Waals surface area contributed by atoms with E-state index in [4.69, 9.17) is 9.05 Å². The van der Waals surface area contributed by atoms with E-state index >= 15 is 0 Å². The van der Waals surface area contributed by atoms with Crippen LogP contribution in [0.5, 0.6) is 0 Å². The summed E-state index contributed by atoms with van der Waals surface area (Å²) in [5.41, 5.74) is 0. The SMILES string of the molecule is FP1(F)=NP2(=NP3(=N1)NCCCO3)NCCCO2. The number of hydrogen-bond donors (Lipinski definition) is 2. The maximum absolute atomic E-state index is 13.8. The molecule has 2 atom stereocenters. The van der Waals surface area contributed by atoms with Crippen molar-refractivity contribution in [2.75, 3.05) is 26.3 Å². The second kappa shape index (κ2) is 4.74. The van der Waals surface area contributed by atoms with Crippen molar-refractivity contribution in [3.05, 3.63) is 0 Å². The van der Waals surface area contributed by atoms with Gasteiger partial charge in [-0.15, -0.1) is 17.4 Å². The fraction of sp³-hybridized carbons (Fsp3) is 1.00. The number of rotatable bonds is 0. The van der Waals surface area contributed by atoms with Gasteiger partial charge in [0.05, 0.1) is 13.2 Å². The second-order valence-corrected chi connectivity index (χ2v) is 10.4. The number of halogens is 2. The first-order chi connectivity index (χ1) is 8.54. The summed E-state index contributed by atoms with van der Waals surface area (Å²) in [5, 5.41) is 5.83. The largest absolute Gasteiger partial charge is 0.423 e. The lowest BCUT2D eigenvalue weighted by molar-refractivity contribution is 0.300. The van der Waals surface area contributed by atoms with Crippen molar-refractivity contribution >= 4 is 23.0 Å². The zero-order chi connectivity index (χ0) is 12.7. The maximum Gasteiger partial charge on any atom is 0.423 e. The summed E-state index contributed by atoms with van der Waals surface area (Å²) in [6.45, 7) is 1.96. The summed E-state index contributed by atoms with van der Waals surface area (Å²) in [5.74, 6) is 0. The quantitative estimate of drug-likeness (QED) is 0.666. The molecule has 2 N–H and O–H groups in total. The monoisotopic (exact) mass is 319 g/mol. The molecule has 3 aliphatic heterocycles. The fourth-order valence-corrected chi connectivity index (χ4v) is 10.5. The Morgan fingerprint density at radius 1 is 0.833 bits per heavy atom. The minimum atomic E-state index is -4.72. The molecule has 2 fully saturated rings. The highest BCUT2D eigenvalue weighted by molar-refractivity contribution is 7.80. The van der Waals surface area contributed by atoms with Crippen LogP contribution < -0.4 is 10.2 Å². The van der Waals surface area contributed by atoms with Crippen LogP contribution in [0.2, 0.25) is 0 Å². The van der Waals surface area contributed by atoms with E-state index in [0.29, 0.717) is 26.3 Å². The van der Waals surface area contributed by atoms with Gasteiger partial charge in [-0.2, -0.15) is 4.52 Å². The van der Waals surface area contributed by atoms with Gasteiger partial charge in [0.15, 0.2) is 0 Å². The summed E-state index contributed by atoms with van der Waals surface area (Å²) >= 11 is 0. The standard InChI is InChI=1S/C6H14F2N5O2P3/c7-16(8)11-17(9-3-1-5-14-17)13-18(12-16)10-4-2-6-15-18/h9-10H,1-6H2. The Hall–Kier alpha value is 0.390. The van der Waals surface area contributed by atoms with Gasteiger partial charge in [-0.25, -0.2) is 10.2 Å². The topological polar surface area (TPSA) is 79.6 Å². The van der Waals surface area contributed by atoms with Crippen molar-refractivity contribution in [1.82, 2.24) is 10.2 Å². The van der Waals surface area contributed by atoms with E-state index in [2.05, 4.69) is 23.7 Å². The van der Waals surface area contributed by atoms with Crippen molar-refractivity contribution in [3.63, 3.8) is 0 Å². The predicted octanol–water partition coefficient (Wildman–Crippen LogP) is 3.80. The smallest absolute Gasteiger partial charge is 0.316 e. The summed E-state index contributed by atoms with van der Waals surface area (Å²) < 4.78 is 49.8. The van der Waals surface area contributed by atoms with E-state index in [1.165, 1.54) is 0 Å². The summed E-state index contributed by atoms with van der Waals surface area (Å²) in [6.07, 6.45) is 1.54. The van der Waals surface area contributed by atoms with Crippen LogP contribution in [-0.2, 0) is 9.05 Å². The molecule has 0 saturated carbocycles. The number of hydrogen-bond acceptors (Lipinski definition) is 7.